The fraction of sp³-hybridized carbons (Fsp3) is 0.0625. The van der Waals surface area contributed by atoms with Crippen LogP contribution in [0.25, 0.3) is 11.0 Å². The Balaban J connectivity index is 1.96. The Bertz CT molecular complexity index is 903. The molecule has 0 saturated heterocycles. The third kappa shape index (κ3) is 3.22. The van der Waals surface area contributed by atoms with Crippen LogP contribution in [0.3, 0.4) is 0 Å². The number of halogens is 3. The molecule has 1 heterocycles. The molecule has 0 spiro atoms. The van der Waals surface area contributed by atoms with Gasteiger partial charge in [-0.2, -0.15) is 0 Å². The SMILES string of the molecule is O=c1cc(COc2ccc(Cl)cc2Cl)c2cc(Cl)ccc2o1. The second kappa shape index (κ2) is 6.21. The van der Waals surface area contributed by atoms with Crippen molar-refractivity contribution >= 4 is 45.8 Å². The van der Waals surface area contributed by atoms with E-state index in [1.807, 2.05) is 0 Å². The molecule has 0 aliphatic rings. The Hall–Kier alpha value is -1.68. The van der Waals surface area contributed by atoms with Crippen molar-refractivity contribution in [2.45, 2.75) is 6.61 Å². The van der Waals surface area contributed by atoms with E-state index in [2.05, 4.69) is 0 Å². The quantitative estimate of drug-likeness (QED) is 0.596. The summed E-state index contributed by atoms with van der Waals surface area (Å²) in [4.78, 5) is 11.6. The zero-order valence-corrected chi connectivity index (χ0v) is 13.4. The predicted molar refractivity (Wildman–Crippen MR) is 88.3 cm³/mol. The molecule has 3 aromatic rings. The first-order valence-corrected chi connectivity index (χ1v) is 7.46. The molecule has 3 nitrogen and oxygen atoms in total. The van der Waals surface area contributed by atoms with Crippen LogP contribution >= 0.6 is 34.8 Å². The summed E-state index contributed by atoms with van der Waals surface area (Å²) < 4.78 is 10.8. The molecule has 0 N–H and O–H groups in total. The van der Waals surface area contributed by atoms with E-state index in [0.29, 0.717) is 32.0 Å². The molecule has 22 heavy (non-hydrogen) atoms. The predicted octanol–water partition coefficient (Wildman–Crippen LogP) is 5.33. The van der Waals surface area contributed by atoms with Crippen molar-refractivity contribution < 1.29 is 9.15 Å². The maximum absolute atomic E-state index is 11.6. The van der Waals surface area contributed by atoms with Gasteiger partial charge < -0.3 is 9.15 Å². The highest BCUT2D eigenvalue weighted by Crippen LogP contribution is 2.29. The molecule has 6 heteroatoms. The normalized spacial score (nSPS) is 10.9. The Morgan fingerprint density at radius 3 is 2.45 bits per heavy atom. The lowest BCUT2D eigenvalue weighted by Crippen LogP contribution is -2.04. The molecule has 0 aliphatic heterocycles. The van der Waals surface area contributed by atoms with E-state index in [1.54, 1.807) is 36.4 Å². The molecule has 1 aromatic heterocycles. The fourth-order valence-corrected chi connectivity index (χ4v) is 2.70. The van der Waals surface area contributed by atoms with E-state index in [0.717, 1.165) is 5.39 Å². The first-order chi connectivity index (χ1) is 10.5. The van der Waals surface area contributed by atoms with Crippen molar-refractivity contribution in [3.8, 4) is 5.75 Å². The maximum atomic E-state index is 11.6. The lowest BCUT2D eigenvalue weighted by atomic mass is 10.1. The molecular formula is C16H9Cl3O3. The summed E-state index contributed by atoms with van der Waals surface area (Å²) in [6.07, 6.45) is 0. The second-order valence-corrected chi connectivity index (χ2v) is 5.87. The number of hydrogen-bond acceptors (Lipinski definition) is 3. The van der Waals surface area contributed by atoms with Gasteiger partial charge in [0.25, 0.3) is 0 Å². The zero-order valence-electron chi connectivity index (χ0n) is 11.1. The minimum atomic E-state index is -0.448. The van der Waals surface area contributed by atoms with E-state index < -0.39 is 5.63 Å². The van der Waals surface area contributed by atoms with E-state index >= 15 is 0 Å². The zero-order chi connectivity index (χ0) is 15.7. The van der Waals surface area contributed by atoms with Crippen LogP contribution in [-0.2, 0) is 6.61 Å². The Labute approximate surface area is 141 Å². The lowest BCUT2D eigenvalue weighted by molar-refractivity contribution is 0.307. The van der Waals surface area contributed by atoms with Crippen molar-refractivity contribution in [2.75, 3.05) is 0 Å². The van der Waals surface area contributed by atoms with E-state index in [-0.39, 0.29) is 6.61 Å². The molecule has 0 saturated carbocycles. The molecule has 0 unspecified atom stereocenters. The van der Waals surface area contributed by atoms with Gasteiger partial charge in [0, 0.05) is 27.1 Å². The monoisotopic (exact) mass is 354 g/mol. The van der Waals surface area contributed by atoms with Crippen molar-refractivity contribution in [3.05, 3.63) is 73.5 Å². The third-order valence-electron chi connectivity index (χ3n) is 3.07. The number of hydrogen-bond donors (Lipinski definition) is 0. The van der Waals surface area contributed by atoms with Crippen LogP contribution in [0.15, 0.2) is 51.7 Å². The molecule has 0 bridgehead atoms. The molecule has 0 amide bonds. The number of ether oxygens (including phenoxy) is 1. The molecule has 0 atom stereocenters. The number of fused-ring (bicyclic) bond motifs is 1. The average Bonchev–Trinajstić information content (AvgIpc) is 2.46. The summed E-state index contributed by atoms with van der Waals surface area (Å²) in [6, 6.07) is 11.4. The molecule has 0 radical (unpaired) electrons. The van der Waals surface area contributed by atoms with Gasteiger partial charge in [-0.1, -0.05) is 34.8 Å². The highest BCUT2D eigenvalue weighted by molar-refractivity contribution is 6.35. The van der Waals surface area contributed by atoms with Crippen LogP contribution in [-0.4, -0.2) is 0 Å². The van der Waals surface area contributed by atoms with E-state index in [9.17, 15) is 4.79 Å². The summed E-state index contributed by atoms with van der Waals surface area (Å²) >= 11 is 17.9. The van der Waals surface area contributed by atoms with Crippen LogP contribution in [0.2, 0.25) is 15.1 Å². The maximum Gasteiger partial charge on any atom is 0.336 e. The van der Waals surface area contributed by atoms with Gasteiger partial charge in [0.1, 0.15) is 17.9 Å². The molecule has 2 aromatic carbocycles. The van der Waals surface area contributed by atoms with Crippen LogP contribution in [0, 0.1) is 0 Å². The first kappa shape index (κ1) is 15.2. The summed E-state index contributed by atoms with van der Waals surface area (Å²) in [5, 5.41) is 2.19. The van der Waals surface area contributed by atoms with Gasteiger partial charge in [0.05, 0.1) is 5.02 Å². The fourth-order valence-electron chi connectivity index (χ4n) is 2.07. The Morgan fingerprint density at radius 2 is 1.68 bits per heavy atom. The highest BCUT2D eigenvalue weighted by atomic mass is 35.5. The third-order valence-corrected chi connectivity index (χ3v) is 3.83. The van der Waals surface area contributed by atoms with Crippen molar-refractivity contribution in [3.63, 3.8) is 0 Å². The number of benzene rings is 2. The van der Waals surface area contributed by atoms with Gasteiger partial charge in [-0.25, -0.2) is 4.79 Å². The van der Waals surface area contributed by atoms with Gasteiger partial charge in [-0.3, -0.25) is 0 Å². The Morgan fingerprint density at radius 1 is 0.955 bits per heavy atom. The van der Waals surface area contributed by atoms with Gasteiger partial charge in [-0.15, -0.1) is 0 Å². The van der Waals surface area contributed by atoms with Gasteiger partial charge in [0.15, 0.2) is 0 Å². The second-order valence-electron chi connectivity index (χ2n) is 4.59. The van der Waals surface area contributed by atoms with E-state index in [4.69, 9.17) is 44.0 Å². The molecule has 112 valence electrons. The Kier molecular flexibility index (Phi) is 4.30. The highest BCUT2D eigenvalue weighted by Gasteiger charge is 2.09. The van der Waals surface area contributed by atoms with Gasteiger partial charge in [-0.05, 0) is 36.4 Å². The largest absolute Gasteiger partial charge is 0.487 e. The summed E-state index contributed by atoms with van der Waals surface area (Å²) in [7, 11) is 0. The summed E-state index contributed by atoms with van der Waals surface area (Å²) in [6.45, 7) is 0.157. The molecular weight excluding hydrogens is 347 g/mol. The minimum Gasteiger partial charge on any atom is -0.487 e. The number of rotatable bonds is 3. The van der Waals surface area contributed by atoms with Gasteiger partial charge in [0.2, 0.25) is 0 Å². The van der Waals surface area contributed by atoms with Crippen molar-refractivity contribution in [2.24, 2.45) is 0 Å². The van der Waals surface area contributed by atoms with Crippen LogP contribution < -0.4 is 10.4 Å². The van der Waals surface area contributed by atoms with Crippen LogP contribution in [0.1, 0.15) is 5.56 Å². The molecule has 3 rings (SSSR count). The topological polar surface area (TPSA) is 39.4 Å². The molecule has 0 fully saturated rings. The summed E-state index contributed by atoms with van der Waals surface area (Å²) in [5.74, 6) is 0.481. The smallest absolute Gasteiger partial charge is 0.336 e. The minimum absolute atomic E-state index is 0.157. The average molecular weight is 356 g/mol. The first-order valence-electron chi connectivity index (χ1n) is 6.33. The van der Waals surface area contributed by atoms with Gasteiger partial charge >= 0.3 is 5.63 Å². The van der Waals surface area contributed by atoms with Crippen LogP contribution in [0.5, 0.6) is 5.75 Å². The standard InChI is InChI=1S/C16H9Cl3O3/c17-10-1-3-14-12(6-10)9(5-16(20)22-14)8-21-15-4-2-11(18)7-13(15)19/h1-7H,8H2. The van der Waals surface area contributed by atoms with Crippen molar-refractivity contribution in [1.82, 2.24) is 0 Å². The van der Waals surface area contributed by atoms with Crippen LogP contribution in [0.4, 0.5) is 0 Å². The lowest BCUT2D eigenvalue weighted by Gasteiger charge is -2.10. The van der Waals surface area contributed by atoms with Crippen molar-refractivity contribution in [1.29, 1.82) is 0 Å². The molecule has 0 aliphatic carbocycles. The summed E-state index contributed by atoms with van der Waals surface area (Å²) in [5.41, 5.74) is 0.674. The van der Waals surface area contributed by atoms with E-state index in [1.165, 1.54) is 6.07 Å².